The van der Waals surface area contributed by atoms with Gasteiger partial charge in [0.15, 0.2) is 5.82 Å². The maximum absolute atomic E-state index is 13.9. The van der Waals surface area contributed by atoms with Crippen LogP contribution in [-0.2, 0) is 29.9 Å². The van der Waals surface area contributed by atoms with Gasteiger partial charge in [-0.15, -0.1) is 0 Å². The van der Waals surface area contributed by atoms with E-state index in [4.69, 9.17) is 0 Å². The fraction of sp³-hybridized carbons (Fsp3) is 0.409. The lowest BCUT2D eigenvalue weighted by atomic mass is 9.74. The highest BCUT2D eigenvalue weighted by atomic mass is 32.2. The summed E-state index contributed by atoms with van der Waals surface area (Å²) in [5.74, 6) is -2.03. The van der Waals surface area contributed by atoms with Crippen LogP contribution in [0.3, 0.4) is 0 Å². The molecule has 0 saturated heterocycles. The number of fused-ring (bicyclic) bond motifs is 1. The highest BCUT2D eigenvalue weighted by molar-refractivity contribution is 7.91. The van der Waals surface area contributed by atoms with Crippen molar-refractivity contribution in [2.24, 2.45) is 0 Å². The summed E-state index contributed by atoms with van der Waals surface area (Å²) >= 11 is 0. The summed E-state index contributed by atoms with van der Waals surface area (Å²) in [6, 6.07) is 5.75. The summed E-state index contributed by atoms with van der Waals surface area (Å²) in [7, 11) is -7.02. The van der Waals surface area contributed by atoms with Crippen LogP contribution in [0.4, 0.5) is 15.8 Å². The number of nitrogens with one attached hydrogen (secondary N) is 2. The minimum absolute atomic E-state index is 0.113. The number of carbonyl (C=O) groups excluding carboxylic acids is 2. The number of pyridine rings is 1. The molecular formula is C22H26FN3O6S2. The molecule has 34 heavy (non-hydrogen) atoms. The second-order valence-corrected chi connectivity index (χ2v) is 13.7. The lowest BCUT2D eigenvalue weighted by molar-refractivity contribution is -0.121. The van der Waals surface area contributed by atoms with Crippen LogP contribution in [0.5, 0.6) is 0 Å². The number of carbonyl (C=O) groups is 2. The highest BCUT2D eigenvalue weighted by Gasteiger charge is 2.50. The Morgan fingerprint density at radius 3 is 2.21 bits per heavy atom. The number of benzene rings is 1. The third kappa shape index (κ3) is 5.12. The van der Waals surface area contributed by atoms with Crippen molar-refractivity contribution in [1.82, 2.24) is 4.98 Å². The average Bonchev–Trinajstić information content (AvgIpc) is 2.97. The molecule has 184 valence electrons. The summed E-state index contributed by atoms with van der Waals surface area (Å²) < 4.78 is 62.5. The zero-order valence-electron chi connectivity index (χ0n) is 19.1. The molecule has 2 N–H and O–H groups in total. The molecule has 2 atom stereocenters. The zero-order valence-corrected chi connectivity index (χ0v) is 20.8. The molecule has 1 aliphatic rings. The number of aromatic nitrogens is 1. The van der Waals surface area contributed by atoms with E-state index in [-0.39, 0.29) is 24.1 Å². The molecule has 0 saturated carbocycles. The van der Waals surface area contributed by atoms with E-state index in [2.05, 4.69) is 15.6 Å². The molecule has 3 rings (SSSR count). The maximum Gasteiger partial charge on any atom is 0.258 e. The highest BCUT2D eigenvalue weighted by Crippen LogP contribution is 2.46. The van der Waals surface area contributed by atoms with Gasteiger partial charge in [-0.05, 0) is 50.5 Å². The van der Waals surface area contributed by atoms with E-state index >= 15 is 0 Å². The number of halogens is 1. The van der Waals surface area contributed by atoms with Crippen LogP contribution >= 0.6 is 0 Å². The molecule has 1 aromatic carbocycles. The molecule has 0 bridgehead atoms. The minimum atomic E-state index is -3.51. The van der Waals surface area contributed by atoms with Crippen molar-refractivity contribution in [3.63, 3.8) is 0 Å². The Balaban J connectivity index is 2.01. The van der Waals surface area contributed by atoms with Gasteiger partial charge in [0.25, 0.3) is 5.91 Å². The SMILES string of the molecule is CC(CC1(CC(C)S(C)(=O)=O)C(=O)Nc2cc(NC(=O)c3ccncc3F)ccc21)S(C)(=O)=O. The van der Waals surface area contributed by atoms with E-state index in [1.165, 1.54) is 38.2 Å². The predicted octanol–water partition coefficient (Wildman–Crippen LogP) is 2.31. The maximum atomic E-state index is 13.9. The lowest BCUT2D eigenvalue weighted by Gasteiger charge is -2.32. The third-order valence-electron chi connectivity index (χ3n) is 6.23. The fourth-order valence-corrected chi connectivity index (χ4v) is 5.21. The number of hydrogen-bond acceptors (Lipinski definition) is 7. The molecule has 0 fully saturated rings. The van der Waals surface area contributed by atoms with E-state index in [1.807, 2.05) is 0 Å². The first kappa shape index (κ1) is 25.8. The van der Waals surface area contributed by atoms with Gasteiger partial charge in [-0.25, -0.2) is 21.2 Å². The summed E-state index contributed by atoms with van der Waals surface area (Å²) in [6.07, 6.45) is 4.10. The van der Waals surface area contributed by atoms with Crippen LogP contribution in [-0.4, -0.2) is 56.6 Å². The average molecular weight is 512 g/mol. The topological polar surface area (TPSA) is 139 Å². The monoisotopic (exact) mass is 511 g/mol. The van der Waals surface area contributed by atoms with Crippen LogP contribution in [0.25, 0.3) is 0 Å². The standard InChI is InChI=1S/C22H26FN3O6S2/c1-13(33(3,29)30)10-22(11-14(2)34(4,31)32)17-6-5-15(9-19(17)26-21(22)28)25-20(27)16-7-8-24-12-18(16)23/h5-9,12-14H,10-11H2,1-4H3,(H,25,27)(H,26,28). The minimum Gasteiger partial charge on any atom is -0.325 e. The van der Waals surface area contributed by atoms with E-state index in [0.29, 0.717) is 11.3 Å². The second kappa shape index (κ2) is 9.06. The van der Waals surface area contributed by atoms with Gasteiger partial charge >= 0.3 is 0 Å². The van der Waals surface area contributed by atoms with Crippen molar-refractivity contribution in [3.8, 4) is 0 Å². The molecule has 2 aromatic rings. The van der Waals surface area contributed by atoms with Gasteiger partial charge in [0, 0.05) is 30.1 Å². The summed E-state index contributed by atoms with van der Waals surface area (Å²) in [5, 5.41) is 3.43. The van der Waals surface area contributed by atoms with Gasteiger partial charge in [0.1, 0.15) is 19.7 Å². The molecule has 12 heteroatoms. The quantitative estimate of drug-likeness (QED) is 0.554. The number of nitrogens with zero attached hydrogens (tertiary/aromatic N) is 1. The molecular weight excluding hydrogens is 485 g/mol. The van der Waals surface area contributed by atoms with Gasteiger partial charge in [0.2, 0.25) is 5.91 Å². The van der Waals surface area contributed by atoms with Crippen molar-refractivity contribution in [2.75, 3.05) is 23.1 Å². The predicted molar refractivity (Wildman–Crippen MR) is 127 cm³/mol. The number of anilines is 2. The normalized spacial score (nSPS) is 19.7. The summed E-state index contributed by atoms with van der Waals surface area (Å²) in [5.41, 5.74) is -0.586. The van der Waals surface area contributed by atoms with E-state index in [9.17, 15) is 30.8 Å². The van der Waals surface area contributed by atoms with E-state index in [1.54, 1.807) is 6.07 Å². The smallest absolute Gasteiger partial charge is 0.258 e. The first-order valence-electron chi connectivity index (χ1n) is 10.4. The number of hydrogen-bond donors (Lipinski definition) is 2. The molecule has 9 nitrogen and oxygen atoms in total. The molecule has 2 heterocycles. The van der Waals surface area contributed by atoms with Crippen molar-refractivity contribution in [2.45, 2.75) is 42.6 Å². The van der Waals surface area contributed by atoms with E-state index < -0.39 is 53.2 Å². The van der Waals surface area contributed by atoms with Gasteiger partial charge in [0.05, 0.1) is 27.7 Å². The lowest BCUT2D eigenvalue weighted by Crippen LogP contribution is -2.42. The molecule has 0 spiro atoms. The number of amides is 2. The number of rotatable bonds is 8. The van der Waals surface area contributed by atoms with Gasteiger partial charge < -0.3 is 10.6 Å². The Kier molecular flexibility index (Phi) is 6.87. The van der Waals surface area contributed by atoms with Crippen LogP contribution in [0.1, 0.15) is 42.6 Å². The van der Waals surface area contributed by atoms with Crippen molar-refractivity contribution < 1.29 is 30.8 Å². The van der Waals surface area contributed by atoms with Crippen LogP contribution in [0, 0.1) is 5.82 Å². The number of sulfone groups is 2. The Bertz CT molecular complexity index is 1320. The van der Waals surface area contributed by atoms with Crippen LogP contribution < -0.4 is 10.6 Å². The Hall–Kier alpha value is -2.86. The van der Waals surface area contributed by atoms with Gasteiger partial charge in [-0.3, -0.25) is 14.6 Å². The zero-order chi connectivity index (χ0) is 25.5. The molecule has 0 aliphatic carbocycles. The first-order chi connectivity index (χ1) is 15.6. The van der Waals surface area contributed by atoms with Gasteiger partial charge in [-0.2, -0.15) is 0 Å². The van der Waals surface area contributed by atoms with Crippen molar-refractivity contribution >= 4 is 42.9 Å². The third-order valence-corrected chi connectivity index (χ3v) is 9.48. The summed E-state index contributed by atoms with van der Waals surface area (Å²) in [6.45, 7) is 2.96. The Morgan fingerprint density at radius 1 is 1.09 bits per heavy atom. The van der Waals surface area contributed by atoms with Gasteiger partial charge in [-0.1, -0.05) is 6.07 Å². The second-order valence-electron chi connectivity index (χ2n) is 8.79. The molecule has 1 aromatic heterocycles. The molecule has 2 unspecified atom stereocenters. The van der Waals surface area contributed by atoms with Crippen molar-refractivity contribution in [3.05, 3.63) is 53.6 Å². The van der Waals surface area contributed by atoms with E-state index in [0.717, 1.165) is 18.7 Å². The first-order valence-corrected chi connectivity index (χ1v) is 14.3. The van der Waals surface area contributed by atoms with Crippen LogP contribution in [0.15, 0.2) is 36.7 Å². The summed E-state index contributed by atoms with van der Waals surface area (Å²) in [4.78, 5) is 29.3. The fourth-order valence-electron chi connectivity index (χ4n) is 4.04. The molecule has 0 radical (unpaired) electrons. The molecule has 1 aliphatic heterocycles. The molecule has 2 amide bonds. The van der Waals surface area contributed by atoms with Crippen molar-refractivity contribution in [1.29, 1.82) is 0 Å². The Morgan fingerprint density at radius 2 is 1.68 bits per heavy atom. The Labute approximate surface area is 198 Å². The largest absolute Gasteiger partial charge is 0.325 e. The van der Waals surface area contributed by atoms with Crippen LogP contribution in [0.2, 0.25) is 0 Å².